The van der Waals surface area contributed by atoms with E-state index in [0.717, 1.165) is 55.7 Å². The van der Waals surface area contributed by atoms with E-state index in [1.54, 1.807) is 10.6 Å². The van der Waals surface area contributed by atoms with Crippen LogP contribution in [0.3, 0.4) is 0 Å². The molecule has 1 aliphatic rings. The van der Waals surface area contributed by atoms with E-state index >= 15 is 0 Å². The van der Waals surface area contributed by atoms with Crippen LogP contribution >= 0.6 is 0 Å². The van der Waals surface area contributed by atoms with Gasteiger partial charge in [-0.3, -0.25) is 4.57 Å². The monoisotopic (exact) mass is 640 g/mol. The van der Waals surface area contributed by atoms with Gasteiger partial charge in [-0.1, -0.05) is 79.9 Å². The number of ether oxygens (including phenoxy) is 1. The third-order valence-electron chi connectivity index (χ3n) is 9.27. The summed E-state index contributed by atoms with van der Waals surface area (Å²) in [4.78, 5) is 4.95. The Morgan fingerprint density at radius 1 is 0.673 bits per heavy atom. The Morgan fingerprint density at radius 3 is 2.24 bits per heavy atom. The highest BCUT2D eigenvalue weighted by Gasteiger charge is 2.32. The second-order valence-corrected chi connectivity index (χ2v) is 13.4. The molecule has 8 aromatic rings. The number of para-hydroxylation sites is 4. The van der Waals surface area contributed by atoms with Gasteiger partial charge in [-0.25, -0.2) is 4.98 Å². The lowest BCUT2D eigenvalue weighted by Crippen LogP contribution is -2.12. The van der Waals surface area contributed by atoms with E-state index in [9.17, 15) is 0 Å². The summed E-state index contributed by atoms with van der Waals surface area (Å²) >= 11 is 0. The first kappa shape index (κ1) is 25.8. The zero-order valence-corrected chi connectivity index (χ0v) is 27.4. The molecule has 0 saturated carbocycles. The Hall–Kier alpha value is -6.23. The summed E-state index contributed by atoms with van der Waals surface area (Å²) in [7, 11) is 0. The molecule has 0 atom stereocenters. The summed E-state index contributed by atoms with van der Waals surface area (Å²) in [5.41, 5.74) is 8.50. The van der Waals surface area contributed by atoms with Gasteiger partial charge in [0.25, 0.3) is 11.4 Å². The molecule has 6 heteroatoms. The summed E-state index contributed by atoms with van der Waals surface area (Å²) in [5, 5.41) is 2.20. The van der Waals surface area contributed by atoms with Crippen LogP contribution < -0.4 is 9.31 Å². The summed E-state index contributed by atoms with van der Waals surface area (Å²) in [6, 6.07) is 47.6. The molecule has 0 amide bonds. The summed E-state index contributed by atoms with van der Waals surface area (Å²) in [5.74, 6) is 2.10. The molecule has 4 heterocycles. The Balaban J connectivity index is 1.24. The van der Waals surface area contributed by atoms with Crippen molar-refractivity contribution in [3.05, 3.63) is 145 Å². The number of pyridine rings is 1. The van der Waals surface area contributed by atoms with Crippen molar-refractivity contribution in [2.24, 2.45) is 0 Å². The normalized spacial score (nSPS) is 14.0. The fraction of sp³-hybridized carbons (Fsp3) is 0.116. The van der Waals surface area contributed by atoms with Gasteiger partial charge >= 0.3 is 6.01 Å². The predicted octanol–water partition coefficient (Wildman–Crippen LogP) is 10.5. The minimum atomic E-state index is -2.37. The number of benzene rings is 5. The topological polar surface area (TPSA) is 38.0 Å². The smallest absolute Gasteiger partial charge is 0.457 e. The van der Waals surface area contributed by atoms with Crippen LogP contribution in [-0.2, 0) is 5.41 Å². The summed E-state index contributed by atoms with van der Waals surface area (Å²) in [6.07, 6.45) is 1.90. The van der Waals surface area contributed by atoms with Crippen LogP contribution in [0.2, 0.25) is 0 Å². The van der Waals surface area contributed by atoms with E-state index in [0.29, 0.717) is 17.2 Å². The highest BCUT2D eigenvalue weighted by Crippen LogP contribution is 2.42. The average Bonchev–Trinajstić information content (AvgIpc) is 3.80. The molecule has 3 aromatic heterocycles. The molecule has 0 saturated heterocycles. The fourth-order valence-corrected chi connectivity index (χ4v) is 6.94. The Bertz CT molecular complexity index is 2780. The lowest BCUT2D eigenvalue weighted by Gasteiger charge is -2.20. The second-order valence-electron chi connectivity index (χ2n) is 13.4. The van der Waals surface area contributed by atoms with Crippen LogP contribution in [-0.4, -0.2) is 31.7 Å². The molecule has 49 heavy (non-hydrogen) atoms. The fourth-order valence-electron chi connectivity index (χ4n) is 6.94. The van der Waals surface area contributed by atoms with Crippen LogP contribution in [0.4, 0.5) is 17.1 Å². The molecular formula is C43H35N5O+2. The number of nitrogens with zero attached hydrogens (tertiary/aromatic N) is 5. The van der Waals surface area contributed by atoms with E-state index in [-0.39, 0.29) is 5.41 Å². The van der Waals surface area contributed by atoms with Crippen molar-refractivity contribution in [3.8, 4) is 23.0 Å². The molecule has 0 N–H and O–H groups in total. The maximum Gasteiger partial charge on any atom is 0.496 e. The number of rotatable bonds is 5. The van der Waals surface area contributed by atoms with Gasteiger partial charge in [-0.05, 0) is 64.1 Å². The average molecular weight is 641 g/mol. The van der Waals surface area contributed by atoms with Crippen molar-refractivity contribution in [1.82, 2.24) is 18.7 Å². The maximum atomic E-state index is 8.06. The van der Waals surface area contributed by atoms with Gasteiger partial charge in [0.1, 0.15) is 21.4 Å². The van der Waals surface area contributed by atoms with E-state index in [1.165, 1.54) is 10.1 Å². The highest BCUT2D eigenvalue weighted by molar-refractivity contribution is 6.20. The molecule has 0 fully saturated rings. The third-order valence-corrected chi connectivity index (χ3v) is 9.27. The first-order chi connectivity index (χ1) is 25.1. The van der Waals surface area contributed by atoms with Gasteiger partial charge in [-0.2, -0.15) is 0 Å². The molecule has 0 aliphatic carbocycles. The van der Waals surface area contributed by atoms with E-state index < -0.39 is 6.98 Å². The second kappa shape index (κ2) is 10.9. The maximum absolute atomic E-state index is 8.06. The zero-order valence-electron chi connectivity index (χ0n) is 30.4. The SMILES string of the molecule is [2H]C([2H])([2H])[N+]1=C=[N+](c2cccc(Oc3ccc4c(c3)n(-c3cc(C(C)(C)C)ccn3)c3c5ccccc5n(-c5ccccc5)c43)c2)c2ccccc21. The lowest BCUT2D eigenvalue weighted by molar-refractivity contribution is -0.394. The number of hydrogen-bond acceptors (Lipinski definition) is 2. The quantitative estimate of drug-likeness (QED) is 0.176. The van der Waals surface area contributed by atoms with E-state index in [2.05, 4.69) is 109 Å². The van der Waals surface area contributed by atoms with E-state index in [4.69, 9.17) is 13.8 Å². The van der Waals surface area contributed by atoms with Gasteiger partial charge in [-0.15, -0.1) is 0 Å². The molecule has 0 bridgehead atoms. The third kappa shape index (κ3) is 4.68. The van der Waals surface area contributed by atoms with Crippen LogP contribution in [0.1, 0.15) is 30.4 Å². The Labute approximate surface area is 288 Å². The number of hydrogen-bond donors (Lipinski definition) is 0. The molecule has 0 unspecified atom stereocenters. The minimum Gasteiger partial charge on any atom is -0.457 e. The summed E-state index contributed by atoms with van der Waals surface area (Å²) in [6.45, 7) is 4.27. The molecule has 9 rings (SSSR count). The molecule has 6 nitrogen and oxygen atoms in total. The van der Waals surface area contributed by atoms with Crippen molar-refractivity contribution in [2.45, 2.75) is 26.2 Å². The van der Waals surface area contributed by atoms with Crippen LogP contribution in [0.5, 0.6) is 11.5 Å². The molecule has 1 aliphatic heterocycles. The Kier molecular flexibility index (Phi) is 5.75. The van der Waals surface area contributed by atoms with Gasteiger partial charge in [0, 0.05) is 46.9 Å². The molecule has 0 spiro atoms. The van der Waals surface area contributed by atoms with Gasteiger partial charge in [0.05, 0.1) is 28.1 Å². The zero-order chi connectivity index (χ0) is 35.8. The standard InChI is InChI=1S/C43H35N5O/c1-43(2,3)29-23-24-44-40(25-29)48-39-27-33(49-32-16-12-15-31(26-32)46-28-45(4)37-19-10-11-20-38(37)46)21-22-35(39)41-42(48)34-17-8-9-18-36(34)47(41)30-13-6-5-7-14-30/h5-27H,1-4H3/q+2/i4D3. The lowest BCUT2D eigenvalue weighted by atomic mass is 9.88. The van der Waals surface area contributed by atoms with Crippen LogP contribution in [0, 0.1) is 0 Å². The van der Waals surface area contributed by atoms with Crippen LogP contribution in [0.25, 0.3) is 44.3 Å². The first-order valence-corrected chi connectivity index (χ1v) is 16.4. The molecular weight excluding hydrogens is 603 g/mol. The predicted molar refractivity (Wildman–Crippen MR) is 199 cm³/mol. The minimum absolute atomic E-state index is 0.0671. The first-order valence-electron chi connectivity index (χ1n) is 17.9. The number of aromatic nitrogens is 3. The molecule has 236 valence electrons. The Morgan fingerprint density at radius 2 is 1.41 bits per heavy atom. The number of fused-ring (bicyclic) bond motifs is 6. The van der Waals surface area contributed by atoms with Crippen LogP contribution in [0.15, 0.2) is 140 Å². The largest absolute Gasteiger partial charge is 0.496 e. The van der Waals surface area contributed by atoms with Crippen molar-refractivity contribution in [2.75, 3.05) is 6.98 Å². The van der Waals surface area contributed by atoms with Gasteiger partial charge < -0.3 is 9.30 Å². The molecule has 0 radical (unpaired) electrons. The van der Waals surface area contributed by atoms with Crippen molar-refractivity contribution < 1.29 is 13.4 Å². The molecule has 5 aromatic carbocycles. The van der Waals surface area contributed by atoms with E-state index in [1.807, 2.05) is 60.8 Å². The van der Waals surface area contributed by atoms with Crippen molar-refractivity contribution in [1.29, 1.82) is 0 Å². The summed E-state index contributed by atoms with van der Waals surface area (Å²) < 4.78 is 38.3. The van der Waals surface area contributed by atoms with Crippen molar-refractivity contribution >= 4 is 55.9 Å². The van der Waals surface area contributed by atoms with Crippen molar-refractivity contribution in [3.63, 3.8) is 0 Å². The van der Waals surface area contributed by atoms with Gasteiger partial charge in [0.15, 0.2) is 6.98 Å². The highest BCUT2D eigenvalue weighted by atomic mass is 16.5. The van der Waals surface area contributed by atoms with Gasteiger partial charge in [0.2, 0.25) is 5.69 Å².